The molecule has 2 aromatic carbocycles. The van der Waals surface area contributed by atoms with E-state index in [0.717, 1.165) is 16.1 Å². The van der Waals surface area contributed by atoms with Gasteiger partial charge in [0.15, 0.2) is 0 Å². The Hall–Kier alpha value is -3.02. The molecule has 0 saturated heterocycles. The third-order valence-electron chi connectivity index (χ3n) is 4.14. The first-order valence-electron chi connectivity index (χ1n) is 8.69. The van der Waals surface area contributed by atoms with Crippen molar-refractivity contribution in [1.82, 2.24) is 9.55 Å². The summed E-state index contributed by atoms with van der Waals surface area (Å²) in [6, 6.07) is 23.1. The second-order valence-corrected chi connectivity index (χ2v) is 7.43. The summed E-state index contributed by atoms with van der Waals surface area (Å²) >= 11 is 7.34. The molecule has 4 nitrogen and oxygen atoms in total. The van der Waals surface area contributed by atoms with Crippen LogP contribution in [0.4, 0.5) is 0 Å². The van der Waals surface area contributed by atoms with E-state index >= 15 is 0 Å². The molecule has 4 aromatic rings. The summed E-state index contributed by atoms with van der Waals surface area (Å²) in [5, 5.41) is 3.17. The highest BCUT2D eigenvalue weighted by Crippen LogP contribution is 2.25. The second kappa shape index (κ2) is 8.33. The standard InChI is InChI=1S/C22H16ClN3OS/c23-18-11-9-17(10-12-18)22-24-19(15-28-22)21(27)25-20-8-4-5-13-26(20)14-16-6-2-1-3-7-16/h1-13,15H,14H2. The SMILES string of the molecule is O=C(N=c1ccccn1Cc1ccccc1)c1csc(-c2ccc(Cl)cc2)n1. The van der Waals surface area contributed by atoms with Gasteiger partial charge in [0.1, 0.15) is 16.2 Å². The third kappa shape index (κ3) is 4.27. The van der Waals surface area contributed by atoms with Crippen LogP contribution in [0.2, 0.25) is 5.02 Å². The Balaban J connectivity index is 1.61. The first kappa shape index (κ1) is 18.3. The van der Waals surface area contributed by atoms with Gasteiger partial charge in [-0.3, -0.25) is 4.79 Å². The Labute approximate surface area is 171 Å². The largest absolute Gasteiger partial charge is 0.328 e. The summed E-state index contributed by atoms with van der Waals surface area (Å²) in [4.78, 5) is 21.4. The number of hydrogen-bond donors (Lipinski definition) is 0. The molecule has 0 spiro atoms. The third-order valence-corrected chi connectivity index (χ3v) is 5.29. The molecule has 2 heterocycles. The molecular weight excluding hydrogens is 390 g/mol. The summed E-state index contributed by atoms with van der Waals surface area (Å²) in [6.45, 7) is 0.640. The van der Waals surface area contributed by atoms with Gasteiger partial charge in [-0.05, 0) is 29.8 Å². The van der Waals surface area contributed by atoms with Crippen molar-refractivity contribution in [3.63, 3.8) is 0 Å². The molecule has 0 atom stereocenters. The van der Waals surface area contributed by atoms with Gasteiger partial charge in [-0.1, -0.05) is 60.1 Å². The Morgan fingerprint density at radius 3 is 2.54 bits per heavy atom. The number of pyridine rings is 1. The Bertz CT molecular complexity index is 1160. The summed E-state index contributed by atoms with van der Waals surface area (Å²) < 4.78 is 1.94. The zero-order valence-corrected chi connectivity index (χ0v) is 16.4. The molecule has 0 unspecified atom stereocenters. The molecule has 6 heteroatoms. The Kier molecular flexibility index (Phi) is 5.46. The average Bonchev–Trinajstić information content (AvgIpc) is 3.21. The number of carbonyl (C=O) groups is 1. The van der Waals surface area contributed by atoms with E-state index in [2.05, 4.69) is 9.98 Å². The lowest BCUT2D eigenvalue weighted by Crippen LogP contribution is -2.22. The van der Waals surface area contributed by atoms with Crippen molar-refractivity contribution in [3.8, 4) is 10.6 Å². The lowest BCUT2D eigenvalue weighted by atomic mass is 10.2. The molecule has 0 aliphatic heterocycles. The van der Waals surface area contributed by atoms with E-state index in [4.69, 9.17) is 11.6 Å². The highest BCUT2D eigenvalue weighted by atomic mass is 35.5. The number of halogens is 1. The zero-order chi connectivity index (χ0) is 19.3. The van der Waals surface area contributed by atoms with Gasteiger partial charge in [0.25, 0.3) is 5.91 Å². The smallest absolute Gasteiger partial charge is 0.298 e. The van der Waals surface area contributed by atoms with Crippen LogP contribution in [0.5, 0.6) is 0 Å². The Morgan fingerprint density at radius 2 is 1.75 bits per heavy atom. The van der Waals surface area contributed by atoms with Crippen molar-refractivity contribution in [1.29, 1.82) is 0 Å². The normalized spacial score (nSPS) is 11.5. The first-order valence-corrected chi connectivity index (χ1v) is 9.95. The van der Waals surface area contributed by atoms with Crippen LogP contribution in [0.25, 0.3) is 10.6 Å². The van der Waals surface area contributed by atoms with Crippen LogP contribution in [0.15, 0.2) is 89.4 Å². The fourth-order valence-corrected chi connectivity index (χ4v) is 3.67. The van der Waals surface area contributed by atoms with Gasteiger partial charge in [-0.2, -0.15) is 4.99 Å². The van der Waals surface area contributed by atoms with E-state index in [0.29, 0.717) is 22.7 Å². The second-order valence-electron chi connectivity index (χ2n) is 6.13. The molecule has 0 radical (unpaired) electrons. The lowest BCUT2D eigenvalue weighted by molar-refractivity contribution is 0.0993. The number of carbonyl (C=O) groups excluding carboxylic acids is 1. The topological polar surface area (TPSA) is 47.2 Å². The molecule has 0 aliphatic carbocycles. The summed E-state index contributed by atoms with van der Waals surface area (Å²) in [5.41, 5.74) is 3.00. The first-order chi connectivity index (χ1) is 13.7. The summed E-state index contributed by atoms with van der Waals surface area (Å²) in [7, 11) is 0. The van der Waals surface area contributed by atoms with Gasteiger partial charge < -0.3 is 4.57 Å². The van der Waals surface area contributed by atoms with Gasteiger partial charge in [0.05, 0.1) is 0 Å². The zero-order valence-electron chi connectivity index (χ0n) is 14.8. The van der Waals surface area contributed by atoms with Gasteiger partial charge >= 0.3 is 0 Å². The van der Waals surface area contributed by atoms with Gasteiger partial charge in [-0.15, -0.1) is 11.3 Å². The molecule has 4 rings (SSSR count). The van der Waals surface area contributed by atoms with Crippen LogP contribution in [0.1, 0.15) is 16.1 Å². The van der Waals surface area contributed by atoms with Crippen molar-refractivity contribution in [2.24, 2.45) is 4.99 Å². The van der Waals surface area contributed by atoms with Crippen molar-refractivity contribution in [3.05, 3.63) is 106 Å². The molecular formula is C22H16ClN3OS. The number of amides is 1. The maximum Gasteiger partial charge on any atom is 0.298 e. The number of nitrogens with zero attached hydrogens (tertiary/aromatic N) is 3. The number of benzene rings is 2. The van der Waals surface area contributed by atoms with Gasteiger partial charge in [-0.25, -0.2) is 4.98 Å². The van der Waals surface area contributed by atoms with Crippen molar-refractivity contribution in [2.75, 3.05) is 0 Å². The maximum absolute atomic E-state index is 12.7. The van der Waals surface area contributed by atoms with Gasteiger partial charge in [0.2, 0.25) is 0 Å². The van der Waals surface area contributed by atoms with Crippen molar-refractivity contribution < 1.29 is 4.79 Å². The van der Waals surface area contributed by atoms with Crippen LogP contribution in [-0.2, 0) is 6.54 Å². The molecule has 138 valence electrons. The molecule has 0 bridgehead atoms. The molecule has 1 amide bonds. The molecule has 0 aliphatic rings. The van der Waals surface area contributed by atoms with E-state index in [-0.39, 0.29) is 5.91 Å². The average molecular weight is 406 g/mol. The van der Waals surface area contributed by atoms with Crippen molar-refractivity contribution in [2.45, 2.75) is 6.54 Å². The molecule has 2 aromatic heterocycles. The van der Waals surface area contributed by atoms with E-state index in [1.54, 1.807) is 17.5 Å². The van der Waals surface area contributed by atoms with Crippen LogP contribution in [0, 0.1) is 0 Å². The fourth-order valence-electron chi connectivity index (χ4n) is 2.74. The van der Waals surface area contributed by atoms with E-state index in [1.165, 1.54) is 11.3 Å². The predicted molar refractivity (Wildman–Crippen MR) is 112 cm³/mol. The highest BCUT2D eigenvalue weighted by molar-refractivity contribution is 7.13. The minimum Gasteiger partial charge on any atom is -0.328 e. The number of hydrogen-bond acceptors (Lipinski definition) is 3. The summed E-state index contributed by atoms with van der Waals surface area (Å²) in [5.74, 6) is -0.357. The molecule has 0 saturated carbocycles. The molecule has 0 fully saturated rings. The van der Waals surface area contributed by atoms with E-state index in [9.17, 15) is 4.79 Å². The number of rotatable bonds is 4. The van der Waals surface area contributed by atoms with Crippen LogP contribution >= 0.6 is 22.9 Å². The number of aromatic nitrogens is 2. The van der Waals surface area contributed by atoms with Crippen LogP contribution < -0.4 is 5.49 Å². The predicted octanol–water partition coefficient (Wildman–Crippen LogP) is 5.05. The van der Waals surface area contributed by atoms with E-state index in [1.807, 2.05) is 71.4 Å². The van der Waals surface area contributed by atoms with Crippen molar-refractivity contribution >= 4 is 28.8 Å². The van der Waals surface area contributed by atoms with Crippen LogP contribution in [0.3, 0.4) is 0 Å². The Morgan fingerprint density at radius 1 is 1.00 bits per heavy atom. The molecule has 0 N–H and O–H groups in total. The number of thiazole rings is 1. The summed E-state index contributed by atoms with van der Waals surface area (Å²) in [6.07, 6.45) is 1.92. The quantitative estimate of drug-likeness (QED) is 0.476. The fraction of sp³-hybridized carbons (Fsp3) is 0.0455. The maximum atomic E-state index is 12.7. The molecule has 28 heavy (non-hydrogen) atoms. The minimum atomic E-state index is -0.357. The lowest BCUT2D eigenvalue weighted by Gasteiger charge is -2.07. The highest BCUT2D eigenvalue weighted by Gasteiger charge is 2.11. The van der Waals surface area contributed by atoms with Crippen LogP contribution in [-0.4, -0.2) is 15.5 Å². The van der Waals surface area contributed by atoms with E-state index < -0.39 is 0 Å². The minimum absolute atomic E-state index is 0.338. The monoisotopic (exact) mass is 405 g/mol. The van der Waals surface area contributed by atoms with Gasteiger partial charge in [0, 0.05) is 28.7 Å².